The van der Waals surface area contributed by atoms with Crippen LogP contribution >= 0.6 is 0 Å². The third kappa shape index (κ3) is 2.79. The monoisotopic (exact) mass is 282 g/mol. The van der Waals surface area contributed by atoms with Crippen molar-refractivity contribution in [3.63, 3.8) is 0 Å². The van der Waals surface area contributed by atoms with Gasteiger partial charge in [-0.1, -0.05) is 0 Å². The van der Waals surface area contributed by atoms with Crippen molar-refractivity contribution in [2.45, 2.75) is 0 Å². The van der Waals surface area contributed by atoms with Crippen LogP contribution in [0.1, 0.15) is 0 Å². The molecule has 0 spiro atoms. The molecule has 1 heterocycles. The standard InChI is InChI=1S/C17H18N2O2/c1-20-16-7-3-14(4-8-16)18-11-12-19(13-18)15-5-9-17(21-2)10-6-15/h3-12H,13H2,1-2H3. The summed E-state index contributed by atoms with van der Waals surface area (Å²) >= 11 is 0. The smallest absolute Gasteiger partial charge is 0.119 e. The number of ether oxygens (including phenoxy) is 2. The Balaban J connectivity index is 1.71. The molecule has 0 bridgehead atoms. The highest BCUT2D eigenvalue weighted by Crippen LogP contribution is 2.26. The van der Waals surface area contributed by atoms with Crippen LogP contribution in [0.5, 0.6) is 11.5 Å². The van der Waals surface area contributed by atoms with E-state index in [1.54, 1.807) is 14.2 Å². The Hall–Kier alpha value is -2.62. The normalized spacial score (nSPS) is 13.6. The Labute approximate surface area is 124 Å². The summed E-state index contributed by atoms with van der Waals surface area (Å²) in [7, 11) is 3.35. The molecule has 0 unspecified atom stereocenters. The summed E-state index contributed by atoms with van der Waals surface area (Å²) in [6.07, 6.45) is 4.15. The molecule has 0 N–H and O–H groups in total. The highest BCUT2D eigenvalue weighted by molar-refractivity contribution is 5.60. The van der Waals surface area contributed by atoms with Gasteiger partial charge in [-0.25, -0.2) is 0 Å². The van der Waals surface area contributed by atoms with Crippen LogP contribution in [0.25, 0.3) is 0 Å². The van der Waals surface area contributed by atoms with E-state index >= 15 is 0 Å². The van der Waals surface area contributed by atoms with Crippen LogP contribution in [-0.4, -0.2) is 20.9 Å². The van der Waals surface area contributed by atoms with E-state index in [0.29, 0.717) is 0 Å². The Kier molecular flexibility index (Phi) is 3.69. The molecular weight excluding hydrogens is 264 g/mol. The lowest BCUT2D eigenvalue weighted by molar-refractivity contribution is 0.415. The van der Waals surface area contributed by atoms with Gasteiger partial charge in [0.1, 0.15) is 11.5 Å². The summed E-state index contributed by atoms with van der Waals surface area (Å²) in [6, 6.07) is 16.1. The number of anilines is 2. The highest BCUT2D eigenvalue weighted by atomic mass is 16.5. The van der Waals surface area contributed by atoms with Gasteiger partial charge in [-0.3, -0.25) is 0 Å². The van der Waals surface area contributed by atoms with E-state index in [-0.39, 0.29) is 0 Å². The average Bonchev–Trinajstić information content (AvgIpc) is 3.05. The van der Waals surface area contributed by atoms with Crippen LogP contribution in [0.15, 0.2) is 60.9 Å². The minimum absolute atomic E-state index is 0.790. The molecule has 108 valence electrons. The van der Waals surface area contributed by atoms with Gasteiger partial charge in [0.15, 0.2) is 0 Å². The number of benzene rings is 2. The third-order valence-corrected chi connectivity index (χ3v) is 3.54. The van der Waals surface area contributed by atoms with E-state index < -0.39 is 0 Å². The molecule has 0 amide bonds. The minimum Gasteiger partial charge on any atom is -0.497 e. The fourth-order valence-electron chi connectivity index (χ4n) is 2.30. The van der Waals surface area contributed by atoms with Crippen molar-refractivity contribution in [1.29, 1.82) is 0 Å². The van der Waals surface area contributed by atoms with E-state index in [4.69, 9.17) is 9.47 Å². The number of methoxy groups -OCH3 is 2. The van der Waals surface area contributed by atoms with Crippen LogP contribution in [0.2, 0.25) is 0 Å². The van der Waals surface area contributed by atoms with Gasteiger partial charge in [-0.05, 0) is 48.5 Å². The van der Waals surface area contributed by atoms with Gasteiger partial charge in [0, 0.05) is 23.8 Å². The maximum Gasteiger partial charge on any atom is 0.119 e. The second-order valence-electron chi connectivity index (χ2n) is 4.78. The Morgan fingerprint density at radius 1 is 0.667 bits per heavy atom. The van der Waals surface area contributed by atoms with E-state index in [0.717, 1.165) is 29.5 Å². The molecule has 4 heteroatoms. The molecule has 0 radical (unpaired) electrons. The van der Waals surface area contributed by atoms with Gasteiger partial charge in [0.25, 0.3) is 0 Å². The summed E-state index contributed by atoms with van der Waals surface area (Å²) in [5.41, 5.74) is 2.28. The zero-order valence-electron chi connectivity index (χ0n) is 12.2. The Morgan fingerprint density at radius 2 is 1.05 bits per heavy atom. The number of hydrogen-bond acceptors (Lipinski definition) is 4. The van der Waals surface area contributed by atoms with Gasteiger partial charge in [0.2, 0.25) is 0 Å². The second-order valence-corrected chi connectivity index (χ2v) is 4.78. The zero-order chi connectivity index (χ0) is 14.7. The fourth-order valence-corrected chi connectivity index (χ4v) is 2.30. The van der Waals surface area contributed by atoms with Gasteiger partial charge < -0.3 is 19.3 Å². The quantitative estimate of drug-likeness (QED) is 0.857. The molecule has 1 aliphatic heterocycles. The van der Waals surface area contributed by atoms with Crippen molar-refractivity contribution in [1.82, 2.24) is 0 Å². The second kappa shape index (κ2) is 5.79. The molecule has 2 aromatic rings. The van der Waals surface area contributed by atoms with Crippen LogP contribution in [0.3, 0.4) is 0 Å². The molecule has 3 rings (SSSR count). The number of nitrogens with zero attached hydrogens (tertiary/aromatic N) is 2. The first-order valence-corrected chi connectivity index (χ1v) is 6.80. The van der Waals surface area contributed by atoms with Crippen molar-refractivity contribution in [2.24, 2.45) is 0 Å². The summed E-state index contributed by atoms with van der Waals surface area (Å²) in [5.74, 6) is 1.74. The lowest BCUT2D eigenvalue weighted by Crippen LogP contribution is -2.24. The number of hydrogen-bond donors (Lipinski definition) is 0. The average molecular weight is 282 g/mol. The SMILES string of the molecule is COc1ccc(N2C=CN(c3ccc(OC)cc3)C2)cc1. The first kappa shape index (κ1) is 13.4. The van der Waals surface area contributed by atoms with Gasteiger partial charge in [-0.2, -0.15) is 0 Å². The number of rotatable bonds is 4. The van der Waals surface area contributed by atoms with Crippen LogP contribution in [-0.2, 0) is 0 Å². The van der Waals surface area contributed by atoms with Gasteiger partial charge in [-0.15, -0.1) is 0 Å². The van der Waals surface area contributed by atoms with Crippen molar-refractivity contribution < 1.29 is 9.47 Å². The lowest BCUT2D eigenvalue weighted by atomic mass is 10.3. The summed E-state index contributed by atoms with van der Waals surface area (Å²) < 4.78 is 10.4. The molecule has 21 heavy (non-hydrogen) atoms. The first-order chi connectivity index (χ1) is 10.3. The fraction of sp³-hybridized carbons (Fsp3) is 0.176. The molecule has 0 saturated carbocycles. The molecule has 0 saturated heterocycles. The maximum atomic E-state index is 5.19. The molecular formula is C17H18N2O2. The molecule has 2 aromatic carbocycles. The zero-order valence-corrected chi connectivity index (χ0v) is 12.2. The summed E-state index contributed by atoms with van der Waals surface area (Å²) in [6.45, 7) is 0.790. The molecule has 0 aromatic heterocycles. The molecule has 1 aliphatic rings. The van der Waals surface area contributed by atoms with E-state index in [1.807, 2.05) is 24.3 Å². The summed E-state index contributed by atoms with van der Waals surface area (Å²) in [5, 5.41) is 0. The van der Waals surface area contributed by atoms with Crippen LogP contribution in [0, 0.1) is 0 Å². The first-order valence-electron chi connectivity index (χ1n) is 6.80. The van der Waals surface area contributed by atoms with Gasteiger partial charge >= 0.3 is 0 Å². The van der Waals surface area contributed by atoms with E-state index in [9.17, 15) is 0 Å². The Morgan fingerprint density at radius 3 is 1.38 bits per heavy atom. The topological polar surface area (TPSA) is 24.9 Å². The molecule has 0 aliphatic carbocycles. The minimum atomic E-state index is 0.790. The maximum absolute atomic E-state index is 5.19. The van der Waals surface area contributed by atoms with Crippen molar-refractivity contribution in [3.05, 3.63) is 60.9 Å². The van der Waals surface area contributed by atoms with E-state index in [1.165, 1.54) is 0 Å². The van der Waals surface area contributed by atoms with Crippen LogP contribution < -0.4 is 19.3 Å². The highest BCUT2D eigenvalue weighted by Gasteiger charge is 2.15. The molecule has 4 nitrogen and oxygen atoms in total. The van der Waals surface area contributed by atoms with E-state index in [2.05, 4.69) is 46.5 Å². The molecule has 0 fully saturated rings. The van der Waals surface area contributed by atoms with Gasteiger partial charge in [0.05, 0.1) is 20.9 Å². The molecule has 0 atom stereocenters. The Bertz CT molecular complexity index is 565. The summed E-state index contributed by atoms with van der Waals surface area (Å²) in [4.78, 5) is 4.37. The van der Waals surface area contributed by atoms with Crippen molar-refractivity contribution in [2.75, 3.05) is 30.7 Å². The predicted molar refractivity (Wildman–Crippen MR) is 85.0 cm³/mol. The third-order valence-electron chi connectivity index (χ3n) is 3.54. The largest absolute Gasteiger partial charge is 0.497 e. The van der Waals surface area contributed by atoms with Crippen molar-refractivity contribution >= 4 is 11.4 Å². The van der Waals surface area contributed by atoms with Crippen LogP contribution in [0.4, 0.5) is 11.4 Å². The lowest BCUT2D eigenvalue weighted by Gasteiger charge is -2.21. The predicted octanol–water partition coefficient (Wildman–Crippen LogP) is 3.46. The van der Waals surface area contributed by atoms with Crippen molar-refractivity contribution in [3.8, 4) is 11.5 Å².